The van der Waals surface area contributed by atoms with Crippen molar-refractivity contribution in [2.45, 2.75) is 6.54 Å². The summed E-state index contributed by atoms with van der Waals surface area (Å²) in [6.45, 7) is 0.549. The molecule has 0 aliphatic carbocycles. The smallest absolute Gasteiger partial charge is 0.258 e. The van der Waals surface area contributed by atoms with Crippen LogP contribution >= 0.6 is 0 Å². The number of pyridine rings is 1. The molecule has 6 nitrogen and oxygen atoms in total. The monoisotopic (exact) mass is 399 g/mol. The molecular weight excluding hydrogens is 378 g/mol. The van der Waals surface area contributed by atoms with Gasteiger partial charge >= 0.3 is 0 Å². The molecule has 1 amide bonds. The molecule has 0 saturated carbocycles. The fraction of sp³-hybridized carbons (Fsp3) is 0.167. The number of carbonyl (C=O) groups is 1. The van der Waals surface area contributed by atoms with Crippen LogP contribution in [0.3, 0.4) is 0 Å². The van der Waals surface area contributed by atoms with Crippen molar-refractivity contribution in [1.29, 1.82) is 0 Å². The van der Waals surface area contributed by atoms with Gasteiger partial charge in [0.15, 0.2) is 0 Å². The first-order valence-corrected chi connectivity index (χ1v) is 9.68. The predicted molar refractivity (Wildman–Crippen MR) is 116 cm³/mol. The lowest BCUT2D eigenvalue weighted by Crippen LogP contribution is -2.19. The zero-order valence-corrected chi connectivity index (χ0v) is 17.0. The Labute approximate surface area is 175 Å². The fourth-order valence-corrected chi connectivity index (χ4v) is 4.15. The van der Waals surface area contributed by atoms with Crippen molar-refractivity contribution in [2.75, 3.05) is 26.2 Å². The average molecular weight is 399 g/mol. The first-order valence-electron chi connectivity index (χ1n) is 9.68. The fourth-order valence-electron chi connectivity index (χ4n) is 4.15. The molecule has 1 aromatic heterocycles. The van der Waals surface area contributed by atoms with Crippen LogP contribution in [0, 0.1) is 0 Å². The molecule has 6 heteroatoms. The molecular formula is C24H21N3O3. The van der Waals surface area contributed by atoms with E-state index in [0.717, 1.165) is 45.4 Å². The summed E-state index contributed by atoms with van der Waals surface area (Å²) in [6.07, 6.45) is 3.84. The lowest BCUT2D eigenvalue weighted by molar-refractivity contribution is 0.0875. The summed E-state index contributed by atoms with van der Waals surface area (Å²) in [5.74, 6) is 2.31. The average Bonchev–Trinajstić information content (AvgIpc) is 2.94. The van der Waals surface area contributed by atoms with E-state index in [1.165, 1.54) is 0 Å². The van der Waals surface area contributed by atoms with Gasteiger partial charge in [-0.1, -0.05) is 6.07 Å². The Hall–Kier alpha value is -3.80. The van der Waals surface area contributed by atoms with E-state index in [1.54, 1.807) is 25.3 Å². The zero-order chi connectivity index (χ0) is 20.8. The molecule has 0 bridgehead atoms. The molecule has 3 aromatic rings. The van der Waals surface area contributed by atoms with Crippen LogP contribution < -0.4 is 14.4 Å². The van der Waals surface area contributed by atoms with Crippen LogP contribution in [0.25, 0.3) is 11.8 Å². The minimum absolute atomic E-state index is 0.00781. The number of carbonyl (C=O) groups excluding carboxylic acids is 1. The number of ether oxygens (including phenoxy) is 2. The molecule has 150 valence electrons. The number of amides is 1. The molecule has 3 heterocycles. The Balaban J connectivity index is 1.71. The summed E-state index contributed by atoms with van der Waals surface area (Å²) in [5.41, 5.74) is 5.48. The largest absolute Gasteiger partial charge is 0.497 e. The van der Waals surface area contributed by atoms with Gasteiger partial charge in [-0.3, -0.25) is 4.79 Å². The molecule has 0 unspecified atom stereocenters. The third kappa shape index (κ3) is 2.72. The summed E-state index contributed by atoms with van der Waals surface area (Å²) >= 11 is 0. The second-order valence-electron chi connectivity index (χ2n) is 7.32. The van der Waals surface area contributed by atoms with E-state index in [1.807, 2.05) is 61.7 Å². The van der Waals surface area contributed by atoms with Crippen molar-refractivity contribution in [3.8, 4) is 11.5 Å². The Morgan fingerprint density at radius 2 is 1.77 bits per heavy atom. The van der Waals surface area contributed by atoms with E-state index in [-0.39, 0.29) is 5.91 Å². The molecule has 2 aliphatic rings. The van der Waals surface area contributed by atoms with Crippen LogP contribution in [-0.4, -0.2) is 37.1 Å². The molecule has 0 saturated heterocycles. The highest BCUT2D eigenvalue weighted by Gasteiger charge is 2.35. The summed E-state index contributed by atoms with van der Waals surface area (Å²) in [5, 5.41) is 0. The number of rotatable bonds is 4. The highest BCUT2D eigenvalue weighted by molar-refractivity contribution is 6.15. The van der Waals surface area contributed by atoms with Crippen molar-refractivity contribution in [1.82, 2.24) is 9.88 Å². The first-order chi connectivity index (χ1) is 14.6. The molecule has 5 rings (SSSR count). The maximum Gasteiger partial charge on any atom is 0.258 e. The summed E-state index contributed by atoms with van der Waals surface area (Å²) < 4.78 is 10.9. The summed E-state index contributed by atoms with van der Waals surface area (Å²) in [6, 6.07) is 15.6. The number of hydrogen-bond acceptors (Lipinski definition) is 5. The van der Waals surface area contributed by atoms with Gasteiger partial charge < -0.3 is 19.3 Å². The van der Waals surface area contributed by atoms with Gasteiger partial charge in [-0.2, -0.15) is 0 Å². The third-order valence-corrected chi connectivity index (χ3v) is 5.60. The van der Waals surface area contributed by atoms with Gasteiger partial charge in [0, 0.05) is 37.0 Å². The first kappa shape index (κ1) is 18.2. The normalized spacial score (nSPS) is 14.1. The number of aromatic nitrogens is 1. The van der Waals surface area contributed by atoms with E-state index < -0.39 is 0 Å². The quantitative estimate of drug-likeness (QED) is 0.653. The third-order valence-electron chi connectivity index (χ3n) is 5.60. The van der Waals surface area contributed by atoms with Gasteiger partial charge in [0.25, 0.3) is 5.91 Å². The standard InChI is InChI=1S/C24H21N3O3/c1-26-21-12-16-6-5-9-25-23(16)27(20-8-4-7-19(22(20)21)24(26)28)14-15-10-17(29-2)13-18(11-15)30-3/h4-13H,14H2,1-3H3. The molecule has 0 N–H and O–H groups in total. The minimum Gasteiger partial charge on any atom is -0.497 e. The molecule has 30 heavy (non-hydrogen) atoms. The number of anilines is 2. The highest BCUT2D eigenvalue weighted by atomic mass is 16.5. The van der Waals surface area contributed by atoms with Crippen LogP contribution in [0.2, 0.25) is 0 Å². The van der Waals surface area contributed by atoms with Gasteiger partial charge in [0.2, 0.25) is 0 Å². The second kappa shape index (κ2) is 6.91. The molecule has 2 aromatic carbocycles. The van der Waals surface area contributed by atoms with Gasteiger partial charge in [0.1, 0.15) is 17.3 Å². The summed E-state index contributed by atoms with van der Waals surface area (Å²) in [4.78, 5) is 21.4. The molecule has 0 spiro atoms. The maximum atomic E-state index is 12.8. The molecule has 0 fully saturated rings. The number of benzene rings is 2. The minimum atomic E-state index is 0.00781. The Kier molecular flexibility index (Phi) is 4.20. The molecule has 0 atom stereocenters. The lowest BCUT2D eigenvalue weighted by Gasteiger charge is -2.26. The van der Waals surface area contributed by atoms with Gasteiger partial charge in [0.05, 0.1) is 31.2 Å². The van der Waals surface area contributed by atoms with Crippen molar-refractivity contribution >= 4 is 29.2 Å². The van der Waals surface area contributed by atoms with Crippen LogP contribution in [0.5, 0.6) is 11.5 Å². The maximum absolute atomic E-state index is 12.8. The van der Waals surface area contributed by atoms with Crippen LogP contribution in [0.4, 0.5) is 11.5 Å². The number of hydrogen-bond donors (Lipinski definition) is 0. The van der Waals surface area contributed by atoms with Crippen molar-refractivity contribution in [2.24, 2.45) is 0 Å². The highest BCUT2D eigenvalue weighted by Crippen LogP contribution is 2.45. The Morgan fingerprint density at radius 1 is 1.00 bits per heavy atom. The topological polar surface area (TPSA) is 54.9 Å². The summed E-state index contributed by atoms with van der Waals surface area (Å²) in [7, 11) is 5.10. The number of nitrogens with zero attached hydrogens (tertiary/aromatic N) is 3. The molecule has 2 aliphatic heterocycles. The second-order valence-corrected chi connectivity index (χ2v) is 7.32. The van der Waals surface area contributed by atoms with Crippen LogP contribution in [-0.2, 0) is 6.54 Å². The zero-order valence-electron chi connectivity index (χ0n) is 17.0. The van der Waals surface area contributed by atoms with E-state index in [9.17, 15) is 4.79 Å². The van der Waals surface area contributed by atoms with E-state index in [2.05, 4.69) is 9.88 Å². The van der Waals surface area contributed by atoms with Gasteiger partial charge in [-0.05, 0) is 48.0 Å². The Morgan fingerprint density at radius 3 is 2.50 bits per heavy atom. The SMILES string of the molecule is COc1cc(CN2c3cccc4c3C(=Cc3cccnc32)N(C)C4=O)cc(OC)c1. The Bertz CT molecular complexity index is 1180. The van der Waals surface area contributed by atoms with Crippen molar-refractivity contribution < 1.29 is 14.3 Å². The van der Waals surface area contributed by atoms with E-state index in [0.29, 0.717) is 12.1 Å². The van der Waals surface area contributed by atoms with Gasteiger partial charge in [-0.15, -0.1) is 0 Å². The van der Waals surface area contributed by atoms with Crippen molar-refractivity contribution in [3.63, 3.8) is 0 Å². The van der Waals surface area contributed by atoms with Crippen LogP contribution in [0.1, 0.15) is 27.0 Å². The van der Waals surface area contributed by atoms with E-state index in [4.69, 9.17) is 9.47 Å². The van der Waals surface area contributed by atoms with Crippen LogP contribution in [0.15, 0.2) is 54.7 Å². The van der Waals surface area contributed by atoms with Gasteiger partial charge in [-0.25, -0.2) is 4.98 Å². The van der Waals surface area contributed by atoms with Crippen molar-refractivity contribution in [3.05, 3.63) is 77.0 Å². The predicted octanol–water partition coefficient (Wildman–Crippen LogP) is 4.33. The lowest BCUT2D eigenvalue weighted by atomic mass is 10.0. The number of methoxy groups -OCH3 is 2. The molecule has 0 radical (unpaired) electrons. The number of fused-ring (bicyclic) bond motifs is 1. The van der Waals surface area contributed by atoms with E-state index >= 15 is 0 Å².